The van der Waals surface area contributed by atoms with Gasteiger partial charge in [-0.25, -0.2) is 0 Å². The lowest BCUT2D eigenvalue weighted by Crippen LogP contribution is -2.19. The van der Waals surface area contributed by atoms with E-state index in [0.29, 0.717) is 11.1 Å². The molecule has 1 heterocycles. The normalized spacial score (nSPS) is 12.7. The van der Waals surface area contributed by atoms with Crippen LogP contribution in [0.1, 0.15) is 88.5 Å². The van der Waals surface area contributed by atoms with Gasteiger partial charge in [0.1, 0.15) is 10.4 Å². The molecule has 2 rings (SSSR count). The Morgan fingerprint density at radius 1 is 1.00 bits per heavy atom. The van der Waals surface area contributed by atoms with Crippen LogP contribution >= 0.6 is 31.9 Å². The highest BCUT2D eigenvalue weighted by Crippen LogP contribution is 2.41. The van der Waals surface area contributed by atoms with Crippen LogP contribution in [0.3, 0.4) is 0 Å². The van der Waals surface area contributed by atoms with Gasteiger partial charge in [-0.15, -0.1) is 0 Å². The molecule has 0 unspecified atom stereocenters. The maximum absolute atomic E-state index is 13.4. The van der Waals surface area contributed by atoms with Crippen LogP contribution < -0.4 is 0 Å². The first kappa shape index (κ1) is 22.2. The fraction of sp³-hybridized carbons (Fsp3) is 0.500. The minimum absolute atomic E-state index is 0.0574. The highest BCUT2D eigenvalue weighted by atomic mass is 79.9. The van der Waals surface area contributed by atoms with Crippen LogP contribution in [0.4, 0.5) is 0 Å². The predicted molar refractivity (Wildman–Crippen MR) is 119 cm³/mol. The van der Waals surface area contributed by atoms with E-state index in [0.717, 1.165) is 20.2 Å². The number of phenolic OH excluding ortho intramolecular Hbond substituents is 1. The van der Waals surface area contributed by atoms with Crippen molar-refractivity contribution in [1.82, 2.24) is 4.57 Å². The van der Waals surface area contributed by atoms with Crippen LogP contribution in [0.2, 0.25) is 0 Å². The third-order valence-electron chi connectivity index (χ3n) is 4.70. The summed E-state index contributed by atoms with van der Waals surface area (Å²) in [7, 11) is 0. The Hall–Kier alpha value is -1.07. The van der Waals surface area contributed by atoms with Crippen LogP contribution in [0.15, 0.2) is 27.4 Å². The number of rotatable bonds is 3. The Bertz CT molecular complexity index is 846. The number of nitrogens with zero attached hydrogens (tertiary/aromatic N) is 1. The molecule has 0 saturated carbocycles. The molecule has 0 aliphatic carbocycles. The van der Waals surface area contributed by atoms with E-state index in [4.69, 9.17) is 0 Å². The summed E-state index contributed by atoms with van der Waals surface area (Å²) in [6.45, 7) is 16.4. The lowest BCUT2D eigenvalue weighted by molar-refractivity contribution is 0.103. The molecule has 0 aliphatic heterocycles. The van der Waals surface area contributed by atoms with Crippen LogP contribution in [-0.2, 0) is 10.8 Å². The summed E-state index contributed by atoms with van der Waals surface area (Å²) in [5, 5.41) is 10.9. The summed E-state index contributed by atoms with van der Waals surface area (Å²) in [6, 6.07) is 3.90. The molecular weight excluding hydrogens is 470 g/mol. The molecular formula is C22H29Br2NO2. The number of benzene rings is 1. The summed E-state index contributed by atoms with van der Waals surface area (Å²) < 4.78 is 3.63. The molecule has 1 aromatic carbocycles. The summed E-state index contributed by atoms with van der Waals surface area (Å²) in [5.74, 6) is 0.226. The van der Waals surface area contributed by atoms with Crippen LogP contribution in [0.25, 0.3) is 0 Å². The van der Waals surface area contributed by atoms with Gasteiger partial charge in [0.25, 0.3) is 0 Å². The third kappa shape index (κ3) is 4.34. The Morgan fingerprint density at radius 3 is 1.78 bits per heavy atom. The van der Waals surface area contributed by atoms with E-state index >= 15 is 0 Å². The van der Waals surface area contributed by atoms with Gasteiger partial charge in [0.05, 0.1) is 10.0 Å². The van der Waals surface area contributed by atoms with E-state index in [1.54, 1.807) is 0 Å². The molecule has 0 fully saturated rings. The van der Waals surface area contributed by atoms with Crippen molar-refractivity contribution in [2.24, 2.45) is 0 Å². The van der Waals surface area contributed by atoms with Crippen molar-refractivity contribution in [3.63, 3.8) is 0 Å². The number of ketones is 1. The maximum atomic E-state index is 13.4. The molecule has 5 heteroatoms. The van der Waals surface area contributed by atoms with Crippen LogP contribution in [-0.4, -0.2) is 15.5 Å². The Kier molecular flexibility index (Phi) is 6.09. The second-order valence-electron chi connectivity index (χ2n) is 9.40. The topological polar surface area (TPSA) is 42.2 Å². The summed E-state index contributed by atoms with van der Waals surface area (Å²) in [6.07, 6.45) is 1.88. The number of carbonyl (C=O) groups excluding carboxylic acids is 1. The molecule has 3 nitrogen and oxygen atoms in total. The predicted octanol–water partition coefficient (Wildman–Crippen LogP) is 7.13. The first-order valence-corrected chi connectivity index (χ1v) is 10.7. The van der Waals surface area contributed by atoms with Gasteiger partial charge in [-0.3, -0.25) is 4.79 Å². The number of hydrogen-bond acceptors (Lipinski definition) is 2. The molecule has 0 bridgehead atoms. The first-order valence-electron chi connectivity index (χ1n) is 9.14. The van der Waals surface area contributed by atoms with Crippen LogP contribution in [0, 0.1) is 0 Å². The van der Waals surface area contributed by atoms with Gasteiger partial charge in [-0.05, 0) is 68.7 Å². The number of aromatic hydroxyl groups is 1. The number of phenols is 1. The minimum Gasteiger partial charge on any atom is -0.507 e. The fourth-order valence-corrected chi connectivity index (χ4v) is 4.29. The average molecular weight is 499 g/mol. The van der Waals surface area contributed by atoms with Gasteiger partial charge in [-0.1, -0.05) is 41.5 Å². The van der Waals surface area contributed by atoms with Crippen molar-refractivity contribution in [2.45, 2.75) is 72.3 Å². The molecule has 2 aromatic rings. The molecule has 27 heavy (non-hydrogen) atoms. The standard InChI is InChI=1S/C22H29Br2NO2/c1-12(2)25-11-14(17(23)20(25)24)18(26)13-9-15(21(3,4)5)19(27)16(10-13)22(6,7)8/h9-12,27H,1-8H3. The van der Waals surface area contributed by atoms with Gasteiger partial charge in [0, 0.05) is 28.9 Å². The second-order valence-corrected chi connectivity index (χ2v) is 10.9. The van der Waals surface area contributed by atoms with E-state index < -0.39 is 0 Å². The lowest BCUT2D eigenvalue weighted by atomic mass is 9.78. The van der Waals surface area contributed by atoms with E-state index in [2.05, 4.69) is 45.7 Å². The van der Waals surface area contributed by atoms with Crippen LogP contribution in [0.5, 0.6) is 5.75 Å². The highest BCUT2D eigenvalue weighted by Gasteiger charge is 2.29. The SMILES string of the molecule is CC(C)n1cc(C(=O)c2cc(C(C)(C)C)c(O)c(C(C)(C)C)c2)c(Br)c1Br. The quantitative estimate of drug-likeness (QED) is 0.457. The molecule has 0 aliphatic rings. The molecule has 148 valence electrons. The summed E-state index contributed by atoms with van der Waals surface area (Å²) in [4.78, 5) is 13.4. The van der Waals surface area contributed by atoms with Gasteiger partial charge in [0.15, 0.2) is 5.78 Å². The molecule has 0 saturated heterocycles. The number of carbonyl (C=O) groups is 1. The average Bonchev–Trinajstić information content (AvgIpc) is 2.80. The monoisotopic (exact) mass is 497 g/mol. The highest BCUT2D eigenvalue weighted by molar-refractivity contribution is 9.13. The molecule has 0 radical (unpaired) electrons. The Labute approximate surface area is 179 Å². The molecule has 1 aromatic heterocycles. The van der Waals surface area contributed by atoms with Gasteiger partial charge in [0.2, 0.25) is 0 Å². The van der Waals surface area contributed by atoms with E-state index in [-0.39, 0.29) is 28.4 Å². The van der Waals surface area contributed by atoms with Crippen molar-refractivity contribution in [1.29, 1.82) is 0 Å². The van der Waals surface area contributed by atoms with E-state index in [1.165, 1.54) is 0 Å². The lowest BCUT2D eigenvalue weighted by Gasteiger charge is -2.28. The third-order valence-corrected chi connectivity index (χ3v) is 6.84. The smallest absolute Gasteiger partial charge is 0.195 e. The van der Waals surface area contributed by atoms with Crippen molar-refractivity contribution in [2.75, 3.05) is 0 Å². The fourth-order valence-electron chi connectivity index (χ4n) is 3.08. The van der Waals surface area contributed by atoms with Crippen molar-refractivity contribution >= 4 is 37.6 Å². The van der Waals surface area contributed by atoms with Gasteiger partial charge < -0.3 is 9.67 Å². The molecule has 1 N–H and O–H groups in total. The molecule has 0 spiro atoms. The van der Waals surface area contributed by atoms with E-state index in [9.17, 15) is 9.90 Å². The maximum Gasteiger partial charge on any atom is 0.195 e. The van der Waals surface area contributed by atoms with Crippen molar-refractivity contribution < 1.29 is 9.90 Å². The molecule has 0 amide bonds. The zero-order valence-electron chi connectivity index (χ0n) is 17.4. The Balaban J connectivity index is 2.72. The zero-order chi connectivity index (χ0) is 20.9. The van der Waals surface area contributed by atoms with E-state index in [1.807, 2.05) is 64.4 Å². The Morgan fingerprint density at radius 2 is 1.44 bits per heavy atom. The molecule has 0 atom stereocenters. The largest absolute Gasteiger partial charge is 0.507 e. The van der Waals surface area contributed by atoms with Crippen molar-refractivity contribution in [3.05, 3.63) is 49.7 Å². The van der Waals surface area contributed by atoms with Gasteiger partial charge in [-0.2, -0.15) is 0 Å². The number of aromatic nitrogens is 1. The minimum atomic E-state index is -0.276. The number of halogens is 2. The van der Waals surface area contributed by atoms with Crippen molar-refractivity contribution in [3.8, 4) is 5.75 Å². The first-order chi connectivity index (χ1) is 12.2. The summed E-state index contributed by atoms with van der Waals surface area (Å²) in [5.41, 5.74) is 2.23. The second kappa shape index (κ2) is 7.40. The number of hydrogen-bond donors (Lipinski definition) is 1. The van der Waals surface area contributed by atoms with Gasteiger partial charge >= 0.3 is 0 Å². The summed E-state index contributed by atoms with van der Waals surface area (Å²) >= 11 is 7.13. The zero-order valence-corrected chi connectivity index (χ0v) is 20.5.